The molecule has 0 aliphatic heterocycles. The molecule has 0 fully saturated rings. The van der Waals surface area contributed by atoms with E-state index in [1.807, 2.05) is 0 Å². The zero-order chi connectivity index (χ0) is 14.0. The van der Waals surface area contributed by atoms with Crippen LogP contribution in [0.2, 0.25) is 5.02 Å². The Labute approximate surface area is 114 Å². The van der Waals surface area contributed by atoms with Gasteiger partial charge in [0.15, 0.2) is 0 Å². The molecule has 3 N–H and O–H groups in total. The van der Waals surface area contributed by atoms with Crippen molar-refractivity contribution in [2.45, 2.75) is 11.6 Å². The topological polar surface area (TPSA) is 85.3 Å². The monoisotopic (exact) mass is 304 g/mol. The first-order valence-electron chi connectivity index (χ1n) is 5.19. The van der Waals surface area contributed by atoms with Gasteiger partial charge in [0.2, 0.25) is 5.09 Å². The highest BCUT2D eigenvalue weighted by Crippen LogP contribution is 2.23. The van der Waals surface area contributed by atoms with Crippen LogP contribution in [0.5, 0.6) is 0 Å². The van der Waals surface area contributed by atoms with E-state index in [-0.39, 0.29) is 22.3 Å². The minimum absolute atomic E-state index is 0.0705. The summed E-state index contributed by atoms with van der Waals surface area (Å²) in [6, 6.07) is 6.22. The maximum Gasteiger partial charge on any atom is 0.295 e. The second kappa shape index (κ2) is 5.20. The Bertz CT molecular complexity index is 700. The lowest BCUT2D eigenvalue weighted by molar-refractivity contribution is 0.417. The smallest absolute Gasteiger partial charge is 0.295 e. The predicted octanol–water partition coefficient (Wildman–Crippen LogP) is 2.33. The average molecular weight is 305 g/mol. The van der Waals surface area contributed by atoms with Gasteiger partial charge in [-0.15, -0.1) is 0 Å². The van der Waals surface area contributed by atoms with Crippen LogP contribution in [-0.4, -0.2) is 8.42 Å². The van der Waals surface area contributed by atoms with Crippen LogP contribution in [0.15, 0.2) is 39.8 Å². The van der Waals surface area contributed by atoms with Gasteiger partial charge in [-0.05, 0) is 30.3 Å². The van der Waals surface area contributed by atoms with Gasteiger partial charge in [0.25, 0.3) is 10.0 Å². The Hall–Kier alpha value is -1.57. The van der Waals surface area contributed by atoms with Crippen molar-refractivity contribution >= 4 is 27.3 Å². The van der Waals surface area contributed by atoms with Crippen LogP contribution in [0, 0.1) is 5.82 Å². The van der Waals surface area contributed by atoms with E-state index in [2.05, 4.69) is 4.72 Å². The minimum Gasteiger partial charge on any atom is -0.446 e. The third kappa shape index (κ3) is 3.06. The first-order chi connectivity index (χ1) is 8.92. The molecule has 0 spiro atoms. The molecule has 0 aliphatic carbocycles. The standard InChI is InChI=1S/C11H10ClFN2O3S/c12-7-1-3-9(13)10(5-7)15-19(16,17)11-4-2-8(6-14)18-11/h1-5,15H,6,14H2. The van der Waals surface area contributed by atoms with E-state index in [0.717, 1.165) is 6.07 Å². The Kier molecular flexibility index (Phi) is 3.79. The molecular formula is C11H10ClFN2O3S. The van der Waals surface area contributed by atoms with Gasteiger partial charge in [0.05, 0.1) is 12.2 Å². The van der Waals surface area contributed by atoms with Gasteiger partial charge in [0.1, 0.15) is 11.6 Å². The van der Waals surface area contributed by atoms with E-state index in [4.69, 9.17) is 21.8 Å². The summed E-state index contributed by atoms with van der Waals surface area (Å²) < 4.78 is 44.4. The molecule has 1 aromatic heterocycles. The van der Waals surface area contributed by atoms with Gasteiger partial charge in [-0.1, -0.05) is 11.6 Å². The van der Waals surface area contributed by atoms with Gasteiger partial charge >= 0.3 is 0 Å². The molecule has 102 valence electrons. The Morgan fingerprint density at radius 2 is 2.05 bits per heavy atom. The van der Waals surface area contributed by atoms with Gasteiger partial charge in [-0.3, -0.25) is 4.72 Å². The predicted molar refractivity (Wildman–Crippen MR) is 68.8 cm³/mol. The van der Waals surface area contributed by atoms with Gasteiger partial charge in [0, 0.05) is 5.02 Å². The van der Waals surface area contributed by atoms with Crippen molar-refractivity contribution in [2.75, 3.05) is 4.72 Å². The molecule has 0 saturated heterocycles. The van der Waals surface area contributed by atoms with Crippen molar-refractivity contribution in [2.24, 2.45) is 5.73 Å². The molecule has 8 heteroatoms. The number of halogens is 2. The molecule has 1 heterocycles. The summed E-state index contributed by atoms with van der Waals surface area (Å²) in [6.07, 6.45) is 0. The van der Waals surface area contributed by atoms with Crippen molar-refractivity contribution in [1.82, 2.24) is 0 Å². The number of furan rings is 1. The third-order valence-corrected chi connectivity index (χ3v) is 3.75. The molecule has 5 nitrogen and oxygen atoms in total. The highest BCUT2D eigenvalue weighted by atomic mass is 35.5. The number of nitrogens with one attached hydrogen (secondary N) is 1. The number of nitrogens with two attached hydrogens (primary N) is 1. The highest BCUT2D eigenvalue weighted by molar-refractivity contribution is 7.92. The summed E-state index contributed by atoms with van der Waals surface area (Å²) in [7, 11) is -4.01. The van der Waals surface area contributed by atoms with Gasteiger partial charge < -0.3 is 10.2 Å². The molecule has 0 amide bonds. The first kappa shape index (κ1) is 13.9. The summed E-state index contributed by atoms with van der Waals surface area (Å²) in [5, 5.41) is -0.131. The molecule has 2 aromatic rings. The first-order valence-corrected chi connectivity index (χ1v) is 7.05. The lowest BCUT2D eigenvalue weighted by atomic mass is 10.3. The molecule has 0 saturated carbocycles. The molecule has 0 aliphatic rings. The summed E-state index contributed by atoms with van der Waals surface area (Å²) in [4.78, 5) is 0. The second-order valence-electron chi connectivity index (χ2n) is 3.65. The van der Waals surface area contributed by atoms with Crippen molar-refractivity contribution in [3.05, 3.63) is 46.9 Å². The average Bonchev–Trinajstić information content (AvgIpc) is 2.83. The molecular weight excluding hydrogens is 295 g/mol. The Morgan fingerprint density at radius 3 is 2.68 bits per heavy atom. The molecule has 0 bridgehead atoms. The van der Waals surface area contributed by atoms with Crippen molar-refractivity contribution < 1.29 is 17.2 Å². The van der Waals surface area contributed by atoms with Crippen LogP contribution in [0.3, 0.4) is 0 Å². The van der Waals surface area contributed by atoms with Crippen molar-refractivity contribution in [3.63, 3.8) is 0 Å². The third-order valence-electron chi connectivity index (χ3n) is 2.28. The fraction of sp³-hybridized carbons (Fsp3) is 0.0909. The lowest BCUT2D eigenvalue weighted by Crippen LogP contribution is -2.13. The van der Waals surface area contributed by atoms with E-state index in [0.29, 0.717) is 5.76 Å². The molecule has 0 atom stereocenters. The summed E-state index contributed by atoms with van der Waals surface area (Å²) in [5.41, 5.74) is 5.06. The zero-order valence-electron chi connectivity index (χ0n) is 9.56. The SMILES string of the molecule is NCc1ccc(S(=O)(=O)Nc2cc(Cl)ccc2F)o1. The normalized spacial score (nSPS) is 11.5. The largest absolute Gasteiger partial charge is 0.446 e. The van der Waals surface area contributed by atoms with Crippen LogP contribution in [0.25, 0.3) is 0 Å². The molecule has 0 radical (unpaired) electrons. The number of rotatable bonds is 4. The number of sulfonamides is 1. The highest BCUT2D eigenvalue weighted by Gasteiger charge is 2.20. The fourth-order valence-electron chi connectivity index (χ4n) is 1.38. The summed E-state index contributed by atoms with van der Waals surface area (Å²) in [6.45, 7) is 0.0705. The minimum atomic E-state index is -4.01. The van der Waals surface area contributed by atoms with E-state index in [1.165, 1.54) is 24.3 Å². The van der Waals surface area contributed by atoms with E-state index in [1.54, 1.807) is 0 Å². The van der Waals surface area contributed by atoms with Crippen LogP contribution < -0.4 is 10.5 Å². The molecule has 2 rings (SSSR count). The maximum absolute atomic E-state index is 13.5. The zero-order valence-corrected chi connectivity index (χ0v) is 11.1. The fourth-order valence-corrected chi connectivity index (χ4v) is 2.57. The lowest BCUT2D eigenvalue weighted by Gasteiger charge is -2.07. The Morgan fingerprint density at radius 1 is 1.32 bits per heavy atom. The van der Waals surface area contributed by atoms with E-state index < -0.39 is 15.8 Å². The van der Waals surface area contributed by atoms with E-state index >= 15 is 0 Å². The maximum atomic E-state index is 13.5. The number of anilines is 1. The summed E-state index contributed by atoms with van der Waals surface area (Å²) >= 11 is 5.68. The van der Waals surface area contributed by atoms with Crippen LogP contribution in [0.1, 0.15) is 5.76 Å². The second-order valence-corrected chi connectivity index (χ2v) is 5.70. The van der Waals surface area contributed by atoms with Gasteiger partial charge in [-0.25, -0.2) is 4.39 Å². The molecule has 0 unspecified atom stereocenters. The van der Waals surface area contributed by atoms with Crippen LogP contribution >= 0.6 is 11.6 Å². The van der Waals surface area contributed by atoms with Crippen LogP contribution in [0.4, 0.5) is 10.1 Å². The number of hydrogen-bond acceptors (Lipinski definition) is 4. The van der Waals surface area contributed by atoms with Crippen LogP contribution in [-0.2, 0) is 16.6 Å². The molecule has 1 aromatic carbocycles. The number of hydrogen-bond donors (Lipinski definition) is 2. The summed E-state index contributed by atoms with van der Waals surface area (Å²) in [5.74, 6) is -0.425. The molecule has 19 heavy (non-hydrogen) atoms. The van der Waals surface area contributed by atoms with E-state index in [9.17, 15) is 12.8 Å². The number of benzene rings is 1. The van der Waals surface area contributed by atoms with Gasteiger partial charge in [-0.2, -0.15) is 8.42 Å². The van der Waals surface area contributed by atoms with Crippen molar-refractivity contribution in [3.8, 4) is 0 Å². The Balaban J connectivity index is 2.33. The quantitative estimate of drug-likeness (QED) is 0.908. The van der Waals surface area contributed by atoms with Crippen molar-refractivity contribution in [1.29, 1.82) is 0 Å².